The lowest BCUT2D eigenvalue weighted by Gasteiger charge is -2.12. The molecule has 0 aromatic heterocycles. The topological polar surface area (TPSA) is 50.7 Å². The number of ether oxygens (including phenoxy) is 2. The third-order valence-electron chi connectivity index (χ3n) is 3.30. The van der Waals surface area contributed by atoms with E-state index >= 15 is 0 Å². The first-order valence-electron chi connectivity index (χ1n) is 7.17. The van der Waals surface area contributed by atoms with Crippen LogP contribution >= 0.6 is 0 Å². The molecule has 124 valence electrons. The minimum absolute atomic E-state index is 0.0135. The van der Waals surface area contributed by atoms with Crippen LogP contribution in [0.25, 0.3) is 0 Å². The number of anilines is 1. The summed E-state index contributed by atoms with van der Waals surface area (Å²) in [5.41, 5.74) is 2.87. The van der Waals surface area contributed by atoms with Crippen molar-refractivity contribution >= 4 is 5.69 Å². The number of hydrogen-bond donors (Lipinski definition) is 2. The second-order valence-electron chi connectivity index (χ2n) is 4.89. The Balaban J connectivity index is 1.99. The van der Waals surface area contributed by atoms with Crippen molar-refractivity contribution in [1.29, 1.82) is 0 Å². The summed E-state index contributed by atoms with van der Waals surface area (Å²) in [6.07, 6.45) is 0.628. The number of methoxy groups -OCH3 is 1. The van der Waals surface area contributed by atoms with Crippen LogP contribution < -0.4 is 14.8 Å². The van der Waals surface area contributed by atoms with Gasteiger partial charge in [0.05, 0.1) is 7.11 Å². The number of aliphatic hydroxyl groups excluding tert-OH is 1. The van der Waals surface area contributed by atoms with Crippen molar-refractivity contribution in [2.24, 2.45) is 0 Å². The van der Waals surface area contributed by atoms with Crippen molar-refractivity contribution in [3.05, 3.63) is 53.6 Å². The molecular weight excluding hydrogens is 304 g/mol. The first-order valence-corrected chi connectivity index (χ1v) is 7.17. The minimum Gasteiger partial charge on any atom is -0.493 e. The number of hydrogen-bond acceptors (Lipinski definition) is 4. The van der Waals surface area contributed by atoms with Gasteiger partial charge in [-0.1, -0.05) is 18.2 Å². The van der Waals surface area contributed by atoms with Crippen LogP contribution in [0.3, 0.4) is 0 Å². The lowest BCUT2D eigenvalue weighted by molar-refractivity contribution is -0.0512. The Morgan fingerprint density at radius 1 is 1.04 bits per heavy atom. The fraction of sp³-hybridized carbons (Fsp3) is 0.294. The van der Waals surface area contributed by atoms with E-state index < -0.39 is 6.61 Å². The zero-order chi connectivity index (χ0) is 16.7. The van der Waals surface area contributed by atoms with Gasteiger partial charge in [-0.3, -0.25) is 0 Å². The molecule has 0 unspecified atom stereocenters. The van der Waals surface area contributed by atoms with Crippen LogP contribution in [0.2, 0.25) is 0 Å². The summed E-state index contributed by atoms with van der Waals surface area (Å²) in [7, 11) is 1.41. The molecule has 0 saturated heterocycles. The van der Waals surface area contributed by atoms with Gasteiger partial charge in [0.2, 0.25) is 0 Å². The third-order valence-corrected chi connectivity index (χ3v) is 3.30. The van der Waals surface area contributed by atoms with Gasteiger partial charge >= 0.3 is 6.61 Å². The molecule has 0 aliphatic carbocycles. The van der Waals surface area contributed by atoms with Gasteiger partial charge in [0.25, 0.3) is 0 Å². The summed E-state index contributed by atoms with van der Waals surface area (Å²) < 4.78 is 34.0. The average molecular weight is 323 g/mol. The van der Waals surface area contributed by atoms with E-state index in [2.05, 4.69) is 10.1 Å². The Hall–Kier alpha value is -2.34. The summed E-state index contributed by atoms with van der Waals surface area (Å²) >= 11 is 0. The fourth-order valence-electron chi connectivity index (χ4n) is 2.14. The van der Waals surface area contributed by atoms with E-state index in [1.807, 2.05) is 24.3 Å². The highest BCUT2D eigenvalue weighted by Gasteiger charge is 2.10. The van der Waals surface area contributed by atoms with Gasteiger partial charge in [-0.05, 0) is 41.8 Å². The highest BCUT2D eigenvalue weighted by Crippen LogP contribution is 2.29. The van der Waals surface area contributed by atoms with Gasteiger partial charge in [-0.15, -0.1) is 0 Å². The van der Waals surface area contributed by atoms with Crippen LogP contribution in [0.4, 0.5) is 14.5 Å². The second kappa shape index (κ2) is 8.33. The van der Waals surface area contributed by atoms with Gasteiger partial charge in [-0.2, -0.15) is 8.78 Å². The van der Waals surface area contributed by atoms with Crippen LogP contribution in [0, 0.1) is 0 Å². The largest absolute Gasteiger partial charge is 0.493 e. The number of nitrogens with one attached hydrogen (secondary N) is 1. The molecule has 0 fully saturated rings. The van der Waals surface area contributed by atoms with Crippen LogP contribution in [-0.4, -0.2) is 25.4 Å². The van der Waals surface area contributed by atoms with Gasteiger partial charge in [-0.25, -0.2) is 0 Å². The summed E-state index contributed by atoms with van der Waals surface area (Å²) in [5.74, 6) is 0.280. The van der Waals surface area contributed by atoms with E-state index in [-0.39, 0.29) is 18.1 Å². The Morgan fingerprint density at radius 3 is 2.35 bits per heavy atom. The van der Waals surface area contributed by atoms with Crippen LogP contribution in [0.5, 0.6) is 11.5 Å². The molecule has 0 atom stereocenters. The Labute approximate surface area is 133 Å². The Kier molecular flexibility index (Phi) is 6.17. The van der Waals surface area contributed by atoms with Crippen molar-refractivity contribution < 1.29 is 23.4 Å². The highest BCUT2D eigenvalue weighted by atomic mass is 19.3. The van der Waals surface area contributed by atoms with E-state index in [0.29, 0.717) is 13.0 Å². The van der Waals surface area contributed by atoms with Gasteiger partial charge < -0.3 is 19.9 Å². The normalized spacial score (nSPS) is 10.7. The van der Waals surface area contributed by atoms with E-state index in [0.717, 1.165) is 16.8 Å². The second-order valence-corrected chi connectivity index (χ2v) is 4.89. The number of halogens is 2. The molecule has 0 heterocycles. The van der Waals surface area contributed by atoms with Crippen LogP contribution in [-0.2, 0) is 13.0 Å². The molecule has 0 amide bonds. The predicted octanol–water partition coefficient (Wildman–Crippen LogP) is 3.44. The van der Waals surface area contributed by atoms with Crippen LogP contribution in [0.1, 0.15) is 11.1 Å². The summed E-state index contributed by atoms with van der Waals surface area (Å²) in [6, 6.07) is 12.6. The van der Waals surface area contributed by atoms with E-state index in [1.165, 1.54) is 13.2 Å². The fourth-order valence-corrected chi connectivity index (χ4v) is 2.14. The number of alkyl halides is 2. The summed E-state index contributed by atoms with van der Waals surface area (Å²) in [5, 5.41) is 12.1. The highest BCUT2D eigenvalue weighted by molar-refractivity contribution is 5.47. The maximum Gasteiger partial charge on any atom is 0.387 e. The van der Waals surface area contributed by atoms with Gasteiger partial charge in [0, 0.05) is 18.8 Å². The van der Waals surface area contributed by atoms with E-state index in [9.17, 15) is 8.78 Å². The molecule has 0 aliphatic heterocycles. The minimum atomic E-state index is -2.88. The van der Waals surface area contributed by atoms with Gasteiger partial charge in [0.1, 0.15) is 0 Å². The molecule has 2 N–H and O–H groups in total. The molecule has 2 rings (SSSR count). The first kappa shape index (κ1) is 17.0. The number of benzene rings is 2. The Morgan fingerprint density at radius 2 is 1.74 bits per heavy atom. The molecule has 0 radical (unpaired) electrons. The molecule has 0 bridgehead atoms. The van der Waals surface area contributed by atoms with E-state index in [4.69, 9.17) is 9.84 Å². The van der Waals surface area contributed by atoms with Crippen molar-refractivity contribution in [3.63, 3.8) is 0 Å². The maximum absolute atomic E-state index is 12.3. The molecular formula is C17H19F2NO3. The SMILES string of the molecule is COc1cc(CNc2ccc(CCO)cc2)ccc1OC(F)F. The molecule has 23 heavy (non-hydrogen) atoms. The molecule has 0 spiro atoms. The average Bonchev–Trinajstić information content (AvgIpc) is 2.55. The zero-order valence-corrected chi connectivity index (χ0v) is 12.8. The standard InChI is InChI=1S/C17H19F2NO3/c1-22-16-10-13(4-7-15(16)23-17(18)19)11-20-14-5-2-12(3-6-14)8-9-21/h2-7,10,17,20-21H,8-9,11H2,1H3. The zero-order valence-electron chi connectivity index (χ0n) is 12.8. The number of rotatable bonds is 8. The predicted molar refractivity (Wildman–Crippen MR) is 84.2 cm³/mol. The van der Waals surface area contributed by atoms with E-state index in [1.54, 1.807) is 12.1 Å². The Bertz CT molecular complexity index is 618. The summed E-state index contributed by atoms with van der Waals surface area (Å²) in [6.45, 7) is -2.24. The molecule has 2 aromatic rings. The van der Waals surface area contributed by atoms with Crippen molar-refractivity contribution in [2.45, 2.75) is 19.6 Å². The lowest BCUT2D eigenvalue weighted by atomic mass is 10.1. The van der Waals surface area contributed by atoms with Crippen LogP contribution in [0.15, 0.2) is 42.5 Å². The molecule has 0 saturated carbocycles. The molecule has 0 aliphatic rings. The lowest BCUT2D eigenvalue weighted by Crippen LogP contribution is -2.05. The maximum atomic E-state index is 12.3. The van der Waals surface area contributed by atoms with Crippen molar-refractivity contribution in [2.75, 3.05) is 19.0 Å². The summed E-state index contributed by atoms with van der Waals surface area (Å²) in [4.78, 5) is 0. The first-order chi connectivity index (χ1) is 11.1. The number of aliphatic hydroxyl groups is 1. The van der Waals surface area contributed by atoms with Gasteiger partial charge in [0.15, 0.2) is 11.5 Å². The monoisotopic (exact) mass is 323 g/mol. The molecule has 2 aromatic carbocycles. The smallest absolute Gasteiger partial charge is 0.387 e. The van der Waals surface area contributed by atoms with Crippen molar-refractivity contribution in [3.8, 4) is 11.5 Å². The van der Waals surface area contributed by atoms with Crippen molar-refractivity contribution in [1.82, 2.24) is 0 Å². The quantitative estimate of drug-likeness (QED) is 0.781. The molecule has 4 nitrogen and oxygen atoms in total. The molecule has 6 heteroatoms. The third kappa shape index (κ3) is 5.10.